The first-order valence-corrected chi connectivity index (χ1v) is 6.23. The molecule has 0 atom stereocenters. The minimum Gasteiger partial charge on any atom is -0.390 e. The average molecular weight is 295 g/mol. The molecule has 2 heterocycles. The number of amides is 1. The molecular formula is C9H9N7O3S. The van der Waals surface area contributed by atoms with Crippen LogP contribution in [0.3, 0.4) is 0 Å². The number of carbonyl (C=O) groups excluding carboxylic acids is 1. The Morgan fingerprint density at radius 3 is 3.05 bits per heavy atom. The van der Waals surface area contributed by atoms with Gasteiger partial charge >= 0.3 is 5.95 Å². The summed E-state index contributed by atoms with van der Waals surface area (Å²) in [5, 5.41) is 26.3. The molecule has 2 aromatic rings. The zero-order valence-corrected chi connectivity index (χ0v) is 11.1. The number of carbonyl (C=O) groups is 1. The van der Waals surface area contributed by atoms with E-state index in [-0.39, 0.29) is 12.5 Å². The maximum atomic E-state index is 11.6. The third-order valence-electron chi connectivity index (χ3n) is 2.07. The van der Waals surface area contributed by atoms with E-state index in [2.05, 4.69) is 25.9 Å². The van der Waals surface area contributed by atoms with Crippen LogP contribution in [0.2, 0.25) is 0 Å². The van der Waals surface area contributed by atoms with Gasteiger partial charge in [0.2, 0.25) is 0 Å². The average Bonchev–Trinajstić information content (AvgIpc) is 3.06. The lowest BCUT2D eigenvalue weighted by Crippen LogP contribution is -2.20. The Labute approximate surface area is 116 Å². The van der Waals surface area contributed by atoms with E-state index >= 15 is 0 Å². The minimum absolute atomic E-state index is 0.0888. The van der Waals surface area contributed by atoms with Crippen LogP contribution in [0.5, 0.6) is 0 Å². The molecule has 2 aromatic heterocycles. The highest BCUT2D eigenvalue weighted by Crippen LogP contribution is 2.07. The Kier molecular flexibility index (Phi) is 4.10. The fourth-order valence-corrected chi connectivity index (χ4v) is 1.84. The topological polar surface area (TPSA) is 128 Å². The summed E-state index contributed by atoms with van der Waals surface area (Å²) in [6, 6.07) is 3.43. The van der Waals surface area contributed by atoms with E-state index in [0.717, 1.165) is 4.80 Å². The molecule has 0 saturated heterocycles. The second kappa shape index (κ2) is 5.97. The Morgan fingerprint density at radius 1 is 1.65 bits per heavy atom. The van der Waals surface area contributed by atoms with Gasteiger partial charge in [-0.25, -0.2) is 5.43 Å². The Bertz CT molecular complexity index is 648. The lowest BCUT2D eigenvalue weighted by molar-refractivity contribution is -0.394. The van der Waals surface area contributed by atoms with Gasteiger partial charge < -0.3 is 10.1 Å². The summed E-state index contributed by atoms with van der Waals surface area (Å²) in [5.41, 5.74) is 2.85. The molecule has 0 saturated carbocycles. The number of nitro groups is 1. The first-order valence-electron chi connectivity index (χ1n) is 5.35. The molecule has 104 valence electrons. The maximum absolute atomic E-state index is 11.6. The molecule has 0 aliphatic carbocycles. The SMILES string of the molecule is C/C(Cn1nnc([N+](=O)[O-])n1)=N\NC(=O)c1cccs1. The van der Waals surface area contributed by atoms with Crippen LogP contribution < -0.4 is 5.43 Å². The Balaban J connectivity index is 1.93. The number of tetrazole rings is 1. The van der Waals surface area contributed by atoms with Gasteiger partial charge in [0, 0.05) is 5.21 Å². The molecule has 0 bridgehead atoms. The van der Waals surface area contributed by atoms with Gasteiger partial charge in [-0.1, -0.05) is 10.9 Å². The van der Waals surface area contributed by atoms with Crippen LogP contribution >= 0.6 is 11.3 Å². The number of nitrogens with zero attached hydrogens (tertiary/aromatic N) is 6. The van der Waals surface area contributed by atoms with Crippen LogP contribution in [0, 0.1) is 10.1 Å². The summed E-state index contributed by atoms with van der Waals surface area (Å²) in [5.74, 6) is -0.905. The molecule has 1 N–H and O–H groups in total. The van der Waals surface area contributed by atoms with Gasteiger partial charge in [-0.05, 0) is 23.3 Å². The third-order valence-corrected chi connectivity index (χ3v) is 2.94. The van der Waals surface area contributed by atoms with E-state index in [0.29, 0.717) is 10.6 Å². The molecule has 1 amide bonds. The zero-order chi connectivity index (χ0) is 14.5. The highest BCUT2D eigenvalue weighted by molar-refractivity contribution is 7.12. The highest BCUT2D eigenvalue weighted by atomic mass is 32.1. The molecule has 0 radical (unpaired) electrons. The van der Waals surface area contributed by atoms with Crippen molar-refractivity contribution in [2.45, 2.75) is 13.5 Å². The Morgan fingerprint density at radius 2 is 2.45 bits per heavy atom. The van der Waals surface area contributed by atoms with Crippen molar-refractivity contribution in [2.75, 3.05) is 0 Å². The first kappa shape index (κ1) is 13.7. The molecular weight excluding hydrogens is 286 g/mol. The van der Waals surface area contributed by atoms with Gasteiger partial charge in [-0.2, -0.15) is 5.10 Å². The molecule has 20 heavy (non-hydrogen) atoms. The van der Waals surface area contributed by atoms with Crippen molar-refractivity contribution in [2.24, 2.45) is 5.10 Å². The second-order valence-electron chi connectivity index (χ2n) is 3.64. The maximum Gasteiger partial charge on any atom is 0.514 e. The van der Waals surface area contributed by atoms with E-state index in [1.807, 2.05) is 0 Å². The van der Waals surface area contributed by atoms with Gasteiger partial charge in [-0.15, -0.1) is 11.3 Å². The van der Waals surface area contributed by atoms with Crippen molar-refractivity contribution in [1.29, 1.82) is 0 Å². The molecule has 11 heteroatoms. The number of rotatable bonds is 5. The van der Waals surface area contributed by atoms with E-state index in [1.165, 1.54) is 11.3 Å². The lowest BCUT2D eigenvalue weighted by Gasteiger charge is -1.98. The van der Waals surface area contributed by atoms with Crippen LogP contribution in [0.1, 0.15) is 16.6 Å². The molecule has 10 nitrogen and oxygen atoms in total. The number of aromatic nitrogens is 4. The minimum atomic E-state index is -0.742. The van der Waals surface area contributed by atoms with Gasteiger partial charge in [0.15, 0.2) is 0 Å². The van der Waals surface area contributed by atoms with Crippen molar-refractivity contribution in [3.63, 3.8) is 0 Å². The van der Waals surface area contributed by atoms with E-state index < -0.39 is 10.9 Å². The summed E-state index contributed by atoms with van der Waals surface area (Å²) in [6.07, 6.45) is 0. The Hall–Kier alpha value is -2.69. The van der Waals surface area contributed by atoms with Crippen LogP contribution in [0.15, 0.2) is 22.6 Å². The van der Waals surface area contributed by atoms with Gasteiger partial charge in [0.25, 0.3) is 5.91 Å². The van der Waals surface area contributed by atoms with Crippen molar-refractivity contribution < 1.29 is 9.72 Å². The fraction of sp³-hybridized carbons (Fsp3) is 0.222. The van der Waals surface area contributed by atoms with Crippen molar-refractivity contribution in [1.82, 2.24) is 25.6 Å². The predicted octanol–water partition coefficient (Wildman–Crippen LogP) is 0.449. The number of thiophene rings is 1. The summed E-state index contributed by atoms with van der Waals surface area (Å²) < 4.78 is 0. The highest BCUT2D eigenvalue weighted by Gasteiger charge is 2.15. The molecule has 0 unspecified atom stereocenters. The smallest absolute Gasteiger partial charge is 0.390 e. The van der Waals surface area contributed by atoms with Crippen LogP contribution in [-0.2, 0) is 6.54 Å². The van der Waals surface area contributed by atoms with Gasteiger partial charge in [0.05, 0.1) is 20.8 Å². The third kappa shape index (κ3) is 3.41. The normalized spacial score (nSPS) is 11.3. The first-order chi connectivity index (χ1) is 9.56. The standard InChI is InChI=1S/C9H9N7O3S/c1-6(5-15-13-9(12-14-15)16(18)19)10-11-8(17)7-3-2-4-20-7/h2-4H,5H2,1H3,(H,11,17)/b10-6+. The molecule has 0 aromatic carbocycles. The monoisotopic (exact) mass is 295 g/mol. The van der Waals surface area contributed by atoms with E-state index in [1.54, 1.807) is 24.4 Å². The number of hydrazone groups is 1. The van der Waals surface area contributed by atoms with Gasteiger partial charge in [0.1, 0.15) is 6.54 Å². The largest absolute Gasteiger partial charge is 0.514 e. The van der Waals surface area contributed by atoms with Crippen molar-refractivity contribution in [3.8, 4) is 0 Å². The number of hydrogen-bond acceptors (Lipinski definition) is 8. The quantitative estimate of drug-likeness (QED) is 0.484. The molecule has 0 fully saturated rings. The number of hydrogen-bond donors (Lipinski definition) is 1. The molecule has 0 aliphatic heterocycles. The number of nitrogens with one attached hydrogen (secondary N) is 1. The summed E-state index contributed by atoms with van der Waals surface area (Å²) >= 11 is 1.30. The second-order valence-corrected chi connectivity index (χ2v) is 4.59. The summed E-state index contributed by atoms with van der Waals surface area (Å²) in [6.45, 7) is 1.72. The van der Waals surface area contributed by atoms with Crippen LogP contribution in [0.4, 0.5) is 5.95 Å². The van der Waals surface area contributed by atoms with Crippen LogP contribution in [-0.4, -0.2) is 36.7 Å². The molecule has 0 spiro atoms. The lowest BCUT2D eigenvalue weighted by atomic mass is 10.4. The van der Waals surface area contributed by atoms with Crippen LogP contribution in [0.25, 0.3) is 0 Å². The zero-order valence-electron chi connectivity index (χ0n) is 10.3. The van der Waals surface area contributed by atoms with Gasteiger partial charge in [-0.3, -0.25) is 4.79 Å². The van der Waals surface area contributed by atoms with Crippen molar-refractivity contribution in [3.05, 3.63) is 32.5 Å². The molecule has 2 rings (SSSR count). The van der Waals surface area contributed by atoms with Crippen molar-refractivity contribution >= 4 is 28.9 Å². The molecule has 0 aliphatic rings. The fourth-order valence-electron chi connectivity index (χ4n) is 1.22. The predicted molar refractivity (Wildman–Crippen MR) is 69.4 cm³/mol. The summed E-state index contributed by atoms with van der Waals surface area (Å²) in [7, 11) is 0. The van der Waals surface area contributed by atoms with E-state index in [9.17, 15) is 14.9 Å². The summed E-state index contributed by atoms with van der Waals surface area (Å²) in [4.78, 5) is 22.8. The van der Waals surface area contributed by atoms with E-state index in [4.69, 9.17) is 0 Å².